The minimum absolute atomic E-state index is 0.0993. The van der Waals surface area contributed by atoms with Crippen molar-refractivity contribution in [1.29, 1.82) is 0 Å². The molecule has 182 valence electrons. The Kier molecular flexibility index (Phi) is 7.85. The molecule has 0 saturated heterocycles. The maximum absolute atomic E-state index is 12.9. The van der Waals surface area contributed by atoms with E-state index in [2.05, 4.69) is 4.74 Å². The molecule has 0 saturated carbocycles. The molecule has 0 aliphatic heterocycles. The van der Waals surface area contributed by atoms with Crippen molar-refractivity contribution >= 4 is 18.0 Å². The van der Waals surface area contributed by atoms with Crippen molar-refractivity contribution in [2.75, 3.05) is 0 Å². The summed E-state index contributed by atoms with van der Waals surface area (Å²) in [7, 11) is 0. The number of rotatable bonds is 8. The number of carbonyl (C=O) groups is 2. The van der Waals surface area contributed by atoms with Gasteiger partial charge in [0, 0.05) is 6.08 Å². The van der Waals surface area contributed by atoms with Crippen LogP contribution in [0.3, 0.4) is 0 Å². The van der Waals surface area contributed by atoms with Crippen LogP contribution in [-0.2, 0) is 16.1 Å². The second kappa shape index (κ2) is 10.8. The van der Waals surface area contributed by atoms with E-state index in [9.17, 15) is 31.5 Å². The van der Waals surface area contributed by atoms with Crippen LogP contribution < -0.4 is 9.47 Å². The second-order valence-corrected chi connectivity index (χ2v) is 7.03. The van der Waals surface area contributed by atoms with Crippen LogP contribution in [0.15, 0.2) is 84.9 Å². The molecule has 0 fully saturated rings. The highest BCUT2D eigenvalue weighted by Gasteiger charge is 2.61. The zero-order valence-corrected chi connectivity index (χ0v) is 17.8. The quantitative estimate of drug-likeness (QED) is 0.162. The molecule has 3 rings (SSSR count). The van der Waals surface area contributed by atoms with Gasteiger partial charge >= 0.3 is 24.2 Å². The van der Waals surface area contributed by atoms with Crippen LogP contribution in [-0.4, -0.2) is 24.2 Å². The molecule has 0 amide bonds. The van der Waals surface area contributed by atoms with E-state index in [1.165, 1.54) is 24.3 Å². The van der Waals surface area contributed by atoms with Gasteiger partial charge in [-0.1, -0.05) is 42.5 Å². The van der Waals surface area contributed by atoms with Gasteiger partial charge in [-0.25, -0.2) is 9.59 Å². The third-order valence-electron chi connectivity index (χ3n) is 4.39. The van der Waals surface area contributed by atoms with Crippen LogP contribution >= 0.6 is 0 Å². The van der Waals surface area contributed by atoms with Gasteiger partial charge in [-0.2, -0.15) is 22.0 Å². The second-order valence-electron chi connectivity index (χ2n) is 7.03. The average molecular weight is 492 g/mol. The van der Waals surface area contributed by atoms with Crippen molar-refractivity contribution in [2.45, 2.75) is 18.9 Å². The first-order valence-corrected chi connectivity index (χ1v) is 9.98. The van der Waals surface area contributed by atoms with Crippen molar-refractivity contribution < 1.29 is 45.8 Å². The molecule has 0 aromatic heterocycles. The minimum atomic E-state index is -5.88. The molecular formula is C25H17F5O5. The summed E-state index contributed by atoms with van der Waals surface area (Å²) in [6, 6.07) is 18.8. The first-order chi connectivity index (χ1) is 16.5. The van der Waals surface area contributed by atoms with Crippen molar-refractivity contribution in [3.63, 3.8) is 0 Å². The SMILES string of the molecule is O=C(/C=C/c1ccc(OC(=O)c2ccc(OC(F)(F)C(F)(F)F)cc2)cc1)OCc1ccccc1. The molecule has 0 unspecified atom stereocenters. The number of benzene rings is 3. The van der Waals surface area contributed by atoms with E-state index < -0.39 is 30.0 Å². The van der Waals surface area contributed by atoms with Crippen LogP contribution in [0.2, 0.25) is 0 Å². The Hall–Kier alpha value is -4.21. The van der Waals surface area contributed by atoms with Gasteiger partial charge in [-0.05, 0) is 53.6 Å². The normalized spacial score (nSPS) is 11.8. The minimum Gasteiger partial charge on any atom is -0.458 e. The fourth-order valence-corrected chi connectivity index (χ4v) is 2.62. The Morgan fingerprint density at radius 3 is 1.97 bits per heavy atom. The molecule has 0 atom stereocenters. The van der Waals surface area contributed by atoms with E-state index in [1.54, 1.807) is 12.1 Å². The van der Waals surface area contributed by atoms with E-state index in [0.29, 0.717) is 5.56 Å². The molecule has 0 aliphatic carbocycles. The maximum atomic E-state index is 12.9. The molecule has 3 aromatic carbocycles. The Labute approximate surface area is 196 Å². The molecule has 0 spiro atoms. The van der Waals surface area contributed by atoms with Crippen molar-refractivity contribution in [3.8, 4) is 11.5 Å². The van der Waals surface area contributed by atoms with Crippen LogP contribution in [0.1, 0.15) is 21.5 Å². The Bertz CT molecular complexity index is 1170. The van der Waals surface area contributed by atoms with Gasteiger partial charge in [0.25, 0.3) is 0 Å². The number of ether oxygens (including phenoxy) is 3. The fraction of sp³-hybridized carbons (Fsp3) is 0.120. The topological polar surface area (TPSA) is 61.8 Å². The molecule has 10 heteroatoms. The molecule has 0 N–H and O–H groups in total. The number of esters is 2. The number of carbonyl (C=O) groups excluding carboxylic acids is 2. The first kappa shape index (κ1) is 25.4. The van der Waals surface area contributed by atoms with Gasteiger partial charge in [0.15, 0.2) is 0 Å². The summed E-state index contributed by atoms with van der Waals surface area (Å²) in [5.74, 6) is -2.04. The van der Waals surface area contributed by atoms with E-state index in [1.807, 2.05) is 30.3 Å². The van der Waals surface area contributed by atoms with Crippen molar-refractivity contribution in [2.24, 2.45) is 0 Å². The lowest BCUT2D eigenvalue weighted by Gasteiger charge is -2.20. The molecule has 0 bridgehead atoms. The Morgan fingerprint density at radius 2 is 1.37 bits per heavy atom. The third kappa shape index (κ3) is 7.39. The van der Waals surface area contributed by atoms with Crippen LogP contribution in [0.4, 0.5) is 22.0 Å². The fourth-order valence-electron chi connectivity index (χ4n) is 2.62. The van der Waals surface area contributed by atoms with Gasteiger partial charge in [0.05, 0.1) is 5.56 Å². The third-order valence-corrected chi connectivity index (χ3v) is 4.39. The summed E-state index contributed by atoms with van der Waals surface area (Å²) in [5, 5.41) is 0. The van der Waals surface area contributed by atoms with Crippen LogP contribution in [0.25, 0.3) is 6.08 Å². The average Bonchev–Trinajstić information content (AvgIpc) is 2.82. The monoisotopic (exact) mass is 492 g/mol. The molecule has 35 heavy (non-hydrogen) atoms. The summed E-state index contributed by atoms with van der Waals surface area (Å²) in [6.07, 6.45) is -8.50. The predicted octanol–water partition coefficient (Wildman–Crippen LogP) is 6.20. The maximum Gasteiger partial charge on any atom is 0.499 e. The Balaban J connectivity index is 1.52. The molecule has 0 heterocycles. The van der Waals surface area contributed by atoms with Gasteiger partial charge in [0.1, 0.15) is 18.1 Å². The molecule has 0 radical (unpaired) electrons. The predicted molar refractivity (Wildman–Crippen MR) is 115 cm³/mol. The van der Waals surface area contributed by atoms with Gasteiger partial charge in [-0.3, -0.25) is 0 Å². The van der Waals surface area contributed by atoms with Crippen LogP contribution in [0, 0.1) is 0 Å². The zero-order chi connectivity index (χ0) is 25.5. The molecule has 0 aliphatic rings. The summed E-state index contributed by atoms with van der Waals surface area (Å²) in [5.41, 5.74) is 1.37. The highest BCUT2D eigenvalue weighted by Crippen LogP contribution is 2.37. The van der Waals surface area contributed by atoms with Crippen LogP contribution in [0.5, 0.6) is 11.5 Å². The van der Waals surface area contributed by atoms with Crippen molar-refractivity contribution in [1.82, 2.24) is 0 Å². The van der Waals surface area contributed by atoms with Gasteiger partial charge in [0.2, 0.25) is 0 Å². The Morgan fingerprint density at radius 1 is 0.771 bits per heavy atom. The number of alkyl halides is 5. The lowest BCUT2D eigenvalue weighted by Crippen LogP contribution is -2.41. The molecule has 3 aromatic rings. The molecular weight excluding hydrogens is 475 g/mol. The van der Waals surface area contributed by atoms with E-state index in [4.69, 9.17) is 9.47 Å². The largest absolute Gasteiger partial charge is 0.499 e. The lowest BCUT2D eigenvalue weighted by molar-refractivity contribution is -0.360. The number of halogens is 5. The van der Waals surface area contributed by atoms with E-state index in [0.717, 1.165) is 29.8 Å². The summed E-state index contributed by atoms with van der Waals surface area (Å²) in [4.78, 5) is 24.0. The number of hydrogen-bond donors (Lipinski definition) is 0. The van der Waals surface area contributed by atoms with Crippen molar-refractivity contribution in [3.05, 3.63) is 102 Å². The first-order valence-electron chi connectivity index (χ1n) is 9.98. The summed E-state index contributed by atoms with van der Waals surface area (Å²) in [6.45, 7) is 0.136. The smallest absolute Gasteiger partial charge is 0.458 e. The highest BCUT2D eigenvalue weighted by atomic mass is 19.4. The zero-order valence-electron chi connectivity index (χ0n) is 17.8. The van der Waals surface area contributed by atoms with E-state index >= 15 is 0 Å². The standard InChI is InChI=1S/C25H17F5O5/c26-24(27,28)25(29,30)35-21-13-9-19(10-14-21)23(32)34-20-11-6-17(7-12-20)8-15-22(31)33-16-18-4-2-1-3-5-18/h1-15H,16H2/b15-8+. The molecule has 5 nitrogen and oxygen atoms in total. The highest BCUT2D eigenvalue weighted by molar-refractivity contribution is 5.91. The number of hydrogen-bond acceptors (Lipinski definition) is 5. The lowest BCUT2D eigenvalue weighted by atomic mass is 10.2. The van der Waals surface area contributed by atoms with E-state index in [-0.39, 0.29) is 17.9 Å². The summed E-state index contributed by atoms with van der Waals surface area (Å²) >= 11 is 0. The van der Waals surface area contributed by atoms with Gasteiger partial charge < -0.3 is 14.2 Å². The van der Waals surface area contributed by atoms with Gasteiger partial charge in [-0.15, -0.1) is 0 Å². The summed E-state index contributed by atoms with van der Waals surface area (Å²) < 4.78 is 76.4.